The molecule has 0 aliphatic heterocycles. The van der Waals surface area contributed by atoms with Crippen LogP contribution in [0.4, 0.5) is 0 Å². The number of aliphatic hydroxyl groups is 1. The van der Waals surface area contributed by atoms with E-state index in [0.717, 1.165) is 31.6 Å². The van der Waals surface area contributed by atoms with Crippen LogP contribution in [0.5, 0.6) is 0 Å². The monoisotopic (exact) mass is 349 g/mol. The van der Waals surface area contributed by atoms with Gasteiger partial charge in [-0.05, 0) is 85.9 Å². The molecule has 4 aliphatic rings. The normalized spacial score (nSPS) is 55.0. The van der Waals surface area contributed by atoms with E-state index in [0.29, 0.717) is 23.2 Å². The molecule has 3 N–H and O–H groups in total. The molecule has 0 spiro atoms. The van der Waals surface area contributed by atoms with Crippen molar-refractivity contribution in [3.8, 4) is 0 Å². The van der Waals surface area contributed by atoms with Crippen LogP contribution >= 0.6 is 0 Å². The fourth-order valence-corrected chi connectivity index (χ4v) is 7.61. The van der Waals surface area contributed by atoms with E-state index in [2.05, 4.69) is 13.8 Å². The van der Waals surface area contributed by atoms with E-state index in [1.807, 2.05) is 0 Å². The summed E-state index contributed by atoms with van der Waals surface area (Å²) < 4.78 is 5.55. The zero-order chi connectivity index (χ0) is 18.0. The Balaban J connectivity index is 1.54. The predicted octanol–water partition coefficient (Wildman–Crippen LogP) is 3.26. The summed E-state index contributed by atoms with van der Waals surface area (Å²) in [4.78, 5) is 11.3. The molecule has 4 fully saturated rings. The number of esters is 1. The Morgan fingerprint density at radius 3 is 2.48 bits per heavy atom. The smallest absolute Gasteiger partial charge is 0.302 e. The van der Waals surface area contributed by atoms with Gasteiger partial charge >= 0.3 is 5.97 Å². The molecular formula is C21H35NO3. The van der Waals surface area contributed by atoms with Crippen molar-refractivity contribution in [3.05, 3.63) is 0 Å². The molecule has 0 aromatic carbocycles. The van der Waals surface area contributed by atoms with Crippen LogP contribution in [-0.2, 0) is 9.53 Å². The third-order valence-electron chi connectivity index (χ3n) is 9.06. The highest BCUT2D eigenvalue weighted by Crippen LogP contribution is 2.66. The van der Waals surface area contributed by atoms with Crippen molar-refractivity contribution in [2.24, 2.45) is 40.2 Å². The van der Waals surface area contributed by atoms with Crippen molar-refractivity contribution in [2.45, 2.75) is 90.4 Å². The summed E-state index contributed by atoms with van der Waals surface area (Å²) in [6.45, 7) is 6.37. The van der Waals surface area contributed by atoms with E-state index >= 15 is 0 Å². The first kappa shape index (κ1) is 17.8. The minimum atomic E-state index is -0.320. The Morgan fingerprint density at radius 1 is 1.04 bits per heavy atom. The van der Waals surface area contributed by atoms with Crippen LogP contribution in [0, 0.1) is 34.5 Å². The Labute approximate surface area is 151 Å². The molecule has 0 aromatic heterocycles. The topological polar surface area (TPSA) is 72.5 Å². The van der Waals surface area contributed by atoms with Gasteiger partial charge in [0.15, 0.2) is 0 Å². The van der Waals surface area contributed by atoms with Gasteiger partial charge in [-0.1, -0.05) is 13.8 Å². The Morgan fingerprint density at radius 2 is 1.76 bits per heavy atom. The van der Waals surface area contributed by atoms with Crippen molar-refractivity contribution >= 4 is 5.97 Å². The molecule has 0 saturated heterocycles. The van der Waals surface area contributed by atoms with Gasteiger partial charge in [0, 0.05) is 13.0 Å². The average molecular weight is 350 g/mol. The van der Waals surface area contributed by atoms with Gasteiger partial charge in [-0.25, -0.2) is 0 Å². The van der Waals surface area contributed by atoms with Crippen molar-refractivity contribution in [2.75, 3.05) is 0 Å². The summed E-state index contributed by atoms with van der Waals surface area (Å²) in [5.41, 5.74) is 6.92. The second kappa shape index (κ2) is 5.95. The largest absolute Gasteiger partial charge is 0.463 e. The number of hydrogen-bond acceptors (Lipinski definition) is 4. The van der Waals surface area contributed by atoms with Crippen LogP contribution < -0.4 is 5.73 Å². The summed E-state index contributed by atoms with van der Waals surface area (Å²) in [6, 6.07) is -0.0521. The van der Waals surface area contributed by atoms with Gasteiger partial charge in [-0.15, -0.1) is 0 Å². The minimum Gasteiger partial charge on any atom is -0.463 e. The average Bonchev–Trinajstić information content (AvgIpc) is 2.78. The van der Waals surface area contributed by atoms with Crippen LogP contribution in [0.1, 0.15) is 72.1 Å². The fourth-order valence-electron chi connectivity index (χ4n) is 7.61. The van der Waals surface area contributed by atoms with E-state index in [-0.39, 0.29) is 29.6 Å². The molecule has 4 heteroatoms. The maximum atomic E-state index is 11.3. The van der Waals surface area contributed by atoms with Gasteiger partial charge in [0.1, 0.15) is 6.10 Å². The molecule has 0 heterocycles. The van der Waals surface area contributed by atoms with Gasteiger partial charge in [-0.2, -0.15) is 0 Å². The Kier molecular flexibility index (Phi) is 4.23. The number of ether oxygens (including phenoxy) is 1. The molecule has 25 heavy (non-hydrogen) atoms. The van der Waals surface area contributed by atoms with Crippen LogP contribution in [-0.4, -0.2) is 29.3 Å². The molecule has 4 rings (SSSR count). The maximum absolute atomic E-state index is 11.3. The second-order valence-electron chi connectivity index (χ2n) is 10.0. The Hall–Kier alpha value is -0.610. The van der Waals surface area contributed by atoms with Crippen LogP contribution in [0.15, 0.2) is 0 Å². The number of carbonyl (C=O) groups is 1. The lowest BCUT2D eigenvalue weighted by atomic mass is 9.45. The third-order valence-corrected chi connectivity index (χ3v) is 9.06. The van der Waals surface area contributed by atoms with Gasteiger partial charge < -0.3 is 15.6 Å². The quantitative estimate of drug-likeness (QED) is 0.713. The van der Waals surface area contributed by atoms with E-state index in [9.17, 15) is 9.90 Å². The molecule has 0 unspecified atom stereocenters. The number of nitrogens with two attached hydrogens (primary N) is 1. The van der Waals surface area contributed by atoms with Crippen molar-refractivity contribution in [1.82, 2.24) is 0 Å². The molecule has 9 atom stereocenters. The number of aliphatic hydroxyl groups excluding tert-OH is 1. The molecule has 4 aliphatic carbocycles. The first-order valence-electron chi connectivity index (χ1n) is 10.4. The van der Waals surface area contributed by atoms with Gasteiger partial charge in [0.2, 0.25) is 0 Å². The molecule has 142 valence electrons. The highest BCUT2D eigenvalue weighted by molar-refractivity contribution is 5.66. The van der Waals surface area contributed by atoms with Crippen LogP contribution in [0.3, 0.4) is 0 Å². The number of carbonyl (C=O) groups excluding carboxylic acids is 1. The zero-order valence-corrected chi connectivity index (χ0v) is 16.0. The molecule has 0 bridgehead atoms. The van der Waals surface area contributed by atoms with Crippen LogP contribution in [0.2, 0.25) is 0 Å². The Bertz CT molecular complexity index is 551. The SMILES string of the molecule is CC(=O)O[C@H]1CC[C@@]2(C)[C@@H](CC[C@@H]3[C@@H]2CC[C@]2(C)[C@H](N)[C@@H](O)C[C@@H]32)C1. The molecular weight excluding hydrogens is 314 g/mol. The summed E-state index contributed by atoms with van der Waals surface area (Å²) in [6.07, 6.45) is 8.86. The summed E-state index contributed by atoms with van der Waals surface area (Å²) in [5, 5.41) is 10.4. The number of rotatable bonds is 1. The first-order valence-corrected chi connectivity index (χ1v) is 10.4. The second-order valence-corrected chi connectivity index (χ2v) is 10.0. The molecule has 0 aromatic rings. The highest BCUT2D eigenvalue weighted by atomic mass is 16.5. The lowest BCUT2D eigenvalue weighted by molar-refractivity contribution is -0.159. The standard InChI is InChI=1S/C21H35NO3/c1-12(23)25-14-6-8-20(2)13(10-14)4-5-15-16(20)7-9-21(3)17(15)11-18(24)19(21)22/h13-19,24H,4-11,22H2,1-3H3/t13-,14-,15+,16-,17-,18-,19+,20-,21-/m0/s1. The van der Waals surface area contributed by atoms with E-state index in [4.69, 9.17) is 10.5 Å². The molecule has 0 radical (unpaired) electrons. The highest BCUT2D eigenvalue weighted by Gasteiger charge is 2.61. The lowest BCUT2D eigenvalue weighted by Gasteiger charge is -2.60. The number of hydrogen-bond donors (Lipinski definition) is 2. The first-order chi connectivity index (χ1) is 11.8. The van der Waals surface area contributed by atoms with Gasteiger partial charge in [0.05, 0.1) is 6.10 Å². The summed E-state index contributed by atoms with van der Waals surface area (Å²) in [5.74, 6) is 2.59. The summed E-state index contributed by atoms with van der Waals surface area (Å²) >= 11 is 0. The summed E-state index contributed by atoms with van der Waals surface area (Å²) in [7, 11) is 0. The molecule has 0 amide bonds. The van der Waals surface area contributed by atoms with Crippen LogP contribution in [0.25, 0.3) is 0 Å². The van der Waals surface area contributed by atoms with Gasteiger partial charge in [0.25, 0.3) is 0 Å². The third kappa shape index (κ3) is 2.58. The predicted molar refractivity (Wildman–Crippen MR) is 96.6 cm³/mol. The van der Waals surface area contributed by atoms with E-state index in [1.165, 1.54) is 32.6 Å². The van der Waals surface area contributed by atoms with E-state index in [1.54, 1.807) is 0 Å². The van der Waals surface area contributed by atoms with E-state index < -0.39 is 0 Å². The molecule has 4 nitrogen and oxygen atoms in total. The fraction of sp³-hybridized carbons (Fsp3) is 0.952. The molecule has 4 saturated carbocycles. The van der Waals surface area contributed by atoms with Crippen molar-refractivity contribution < 1.29 is 14.6 Å². The zero-order valence-electron chi connectivity index (χ0n) is 16.0. The van der Waals surface area contributed by atoms with Crippen molar-refractivity contribution in [3.63, 3.8) is 0 Å². The number of fused-ring (bicyclic) bond motifs is 5. The maximum Gasteiger partial charge on any atom is 0.302 e. The lowest BCUT2D eigenvalue weighted by Crippen LogP contribution is -2.55. The van der Waals surface area contributed by atoms with Gasteiger partial charge in [-0.3, -0.25) is 4.79 Å². The minimum absolute atomic E-state index is 0.0521. The van der Waals surface area contributed by atoms with Crippen molar-refractivity contribution in [1.29, 1.82) is 0 Å².